The van der Waals surface area contributed by atoms with E-state index < -0.39 is 0 Å². The number of imidazole rings is 1. The molecule has 98 valence electrons. The lowest BCUT2D eigenvalue weighted by Gasteiger charge is -2.19. The van der Waals surface area contributed by atoms with Crippen molar-refractivity contribution in [3.63, 3.8) is 0 Å². The van der Waals surface area contributed by atoms with Gasteiger partial charge in [-0.2, -0.15) is 11.3 Å². The monoisotopic (exact) mass is 271 g/mol. The van der Waals surface area contributed by atoms with E-state index in [1.165, 1.54) is 5.69 Å². The van der Waals surface area contributed by atoms with Crippen molar-refractivity contribution in [3.05, 3.63) is 40.8 Å². The molecule has 0 spiro atoms. The molecule has 0 atom stereocenters. The number of nitrogens with two attached hydrogens (primary N) is 1. The summed E-state index contributed by atoms with van der Waals surface area (Å²) < 4.78 is 2.23. The van der Waals surface area contributed by atoms with Crippen LogP contribution in [0.5, 0.6) is 0 Å². The molecule has 0 saturated heterocycles. The number of benzene rings is 1. The summed E-state index contributed by atoms with van der Waals surface area (Å²) in [4.78, 5) is 4.79. The van der Waals surface area contributed by atoms with Gasteiger partial charge in [0.05, 0.1) is 16.7 Å². The molecule has 19 heavy (non-hydrogen) atoms. The van der Waals surface area contributed by atoms with E-state index in [2.05, 4.69) is 42.2 Å². The van der Waals surface area contributed by atoms with Crippen molar-refractivity contribution < 1.29 is 0 Å². The number of hydrogen-bond donors (Lipinski definition) is 1. The molecule has 0 amide bonds. The standard InChI is InChI=1S/C15H17N3S/c1-15(2,3)14-17-12-8-10(16)4-5-13(12)18(14)11-6-7-19-9-11/h4-9H,16H2,1-3H3. The maximum absolute atomic E-state index is 5.86. The van der Waals surface area contributed by atoms with Gasteiger partial charge >= 0.3 is 0 Å². The molecule has 3 rings (SSSR count). The molecule has 2 heterocycles. The van der Waals surface area contributed by atoms with Crippen LogP contribution in [0.4, 0.5) is 5.69 Å². The average molecular weight is 271 g/mol. The second-order valence-electron chi connectivity index (χ2n) is 5.75. The van der Waals surface area contributed by atoms with Crippen molar-refractivity contribution in [2.45, 2.75) is 26.2 Å². The van der Waals surface area contributed by atoms with E-state index in [0.29, 0.717) is 0 Å². The first-order valence-electron chi connectivity index (χ1n) is 6.28. The van der Waals surface area contributed by atoms with Crippen molar-refractivity contribution in [1.82, 2.24) is 9.55 Å². The van der Waals surface area contributed by atoms with Crippen LogP contribution in [0.2, 0.25) is 0 Å². The Labute approximate surface area is 116 Å². The SMILES string of the molecule is CC(C)(C)c1nc2cc(N)ccc2n1-c1ccsc1. The first kappa shape index (κ1) is 12.2. The summed E-state index contributed by atoms with van der Waals surface area (Å²) in [5.41, 5.74) is 9.83. The molecular formula is C15H17N3S. The topological polar surface area (TPSA) is 43.8 Å². The van der Waals surface area contributed by atoms with E-state index in [1.807, 2.05) is 18.2 Å². The highest BCUT2D eigenvalue weighted by Gasteiger charge is 2.23. The van der Waals surface area contributed by atoms with Gasteiger partial charge in [-0.25, -0.2) is 4.98 Å². The maximum atomic E-state index is 5.86. The first-order chi connectivity index (χ1) is 8.97. The van der Waals surface area contributed by atoms with Crippen LogP contribution in [0, 0.1) is 0 Å². The minimum atomic E-state index is -0.0181. The molecular weight excluding hydrogens is 254 g/mol. The fourth-order valence-corrected chi connectivity index (χ4v) is 2.87. The molecule has 3 aromatic rings. The molecule has 0 aliphatic rings. The van der Waals surface area contributed by atoms with Crippen molar-refractivity contribution in [1.29, 1.82) is 0 Å². The van der Waals surface area contributed by atoms with Crippen LogP contribution in [0.25, 0.3) is 16.7 Å². The van der Waals surface area contributed by atoms with Crippen LogP contribution in [0.15, 0.2) is 35.0 Å². The van der Waals surface area contributed by atoms with Gasteiger partial charge < -0.3 is 5.73 Å². The van der Waals surface area contributed by atoms with Gasteiger partial charge in [-0.1, -0.05) is 20.8 Å². The Morgan fingerprint density at radius 2 is 2.00 bits per heavy atom. The van der Waals surface area contributed by atoms with Gasteiger partial charge in [0, 0.05) is 16.5 Å². The maximum Gasteiger partial charge on any atom is 0.119 e. The van der Waals surface area contributed by atoms with Crippen molar-refractivity contribution in [2.24, 2.45) is 0 Å². The Morgan fingerprint density at radius 1 is 1.21 bits per heavy atom. The molecule has 2 aromatic heterocycles. The lowest BCUT2D eigenvalue weighted by Crippen LogP contribution is -2.17. The number of anilines is 1. The predicted molar refractivity (Wildman–Crippen MR) is 82.1 cm³/mol. The molecule has 0 radical (unpaired) electrons. The molecule has 0 aliphatic carbocycles. The van der Waals surface area contributed by atoms with Crippen molar-refractivity contribution in [3.8, 4) is 5.69 Å². The second-order valence-corrected chi connectivity index (χ2v) is 6.53. The highest BCUT2D eigenvalue weighted by Crippen LogP contribution is 2.31. The molecule has 0 saturated carbocycles. The van der Waals surface area contributed by atoms with Gasteiger partial charge in [0.25, 0.3) is 0 Å². The Hall–Kier alpha value is -1.81. The summed E-state index contributed by atoms with van der Waals surface area (Å²) >= 11 is 1.70. The summed E-state index contributed by atoms with van der Waals surface area (Å²) in [6, 6.07) is 8.04. The smallest absolute Gasteiger partial charge is 0.119 e. The zero-order valence-electron chi connectivity index (χ0n) is 11.3. The van der Waals surface area contributed by atoms with Gasteiger partial charge in [-0.15, -0.1) is 0 Å². The summed E-state index contributed by atoms with van der Waals surface area (Å²) in [5.74, 6) is 1.06. The van der Waals surface area contributed by atoms with Crippen LogP contribution in [0.3, 0.4) is 0 Å². The number of fused-ring (bicyclic) bond motifs is 1. The fourth-order valence-electron chi connectivity index (χ4n) is 2.25. The largest absolute Gasteiger partial charge is 0.399 e. The molecule has 0 unspecified atom stereocenters. The summed E-state index contributed by atoms with van der Waals surface area (Å²) in [6.45, 7) is 6.54. The average Bonchev–Trinajstić information content (AvgIpc) is 2.91. The van der Waals surface area contributed by atoms with Gasteiger partial charge in [0.1, 0.15) is 5.82 Å². The van der Waals surface area contributed by atoms with E-state index in [1.54, 1.807) is 11.3 Å². The van der Waals surface area contributed by atoms with Crippen LogP contribution < -0.4 is 5.73 Å². The number of aromatic nitrogens is 2. The summed E-state index contributed by atoms with van der Waals surface area (Å²) in [6.07, 6.45) is 0. The minimum absolute atomic E-state index is 0.0181. The van der Waals surface area contributed by atoms with Gasteiger partial charge in [-0.05, 0) is 29.6 Å². The first-order valence-corrected chi connectivity index (χ1v) is 7.22. The Kier molecular flexibility index (Phi) is 2.64. The highest BCUT2D eigenvalue weighted by molar-refractivity contribution is 7.08. The van der Waals surface area contributed by atoms with E-state index in [9.17, 15) is 0 Å². The third-order valence-electron chi connectivity index (χ3n) is 3.11. The zero-order valence-corrected chi connectivity index (χ0v) is 12.2. The summed E-state index contributed by atoms with van der Waals surface area (Å²) in [5, 5.41) is 4.23. The predicted octanol–water partition coefficient (Wildman–Crippen LogP) is 3.97. The molecule has 1 aromatic carbocycles. The number of hydrogen-bond acceptors (Lipinski definition) is 3. The van der Waals surface area contributed by atoms with Crippen LogP contribution >= 0.6 is 11.3 Å². The minimum Gasteiger partial charge on any atom is -0.399 e. The second kappa shape index (κ2) is 4.10. The third-order valence-corrected chi connectivity index (χ3v) is 3.78. The van der Waals surface area contributed by atoms with E-state index in [-0.39, 0.29) is 5.41 Å². The molecule has 0 aliphatic heterocycles. The van der Waals surface area contributed by atoms with Crippen LogP contribution in [-0.2, 0) is 5.41 Å². The number of thiophene rings is 1. The fraction of sp³-hybridized carbons (Fsp3) is 0.267. The molecule has 0 bridgehead atoms. The number of nitrogens with zero attached hydrogens (tertiary/aromatic N) is 2. The van der Waals surface area contributed by atoms with E-state index in [4.69, 9.17) is 10.7 Å². The lowest BCUT2D eigenvalue weighted by molar-refractivity contribution is 0.539. The summed E-state index contributed by atoms with van der Waals surface area (Å²) in [7, 11) is 0. The zero-order chi connectivity index (χ0) is 13.6. The van der Waals surface area contributed by atoms with Gasteiger partial charge in [0.15, 0.2) is 0 Å². The van der Waals surface area contributed by atoms with Crippen molar-refractivity contribution in [2.75, 3.05) is 5.73 Å². The van der Waals surface area contributed by atoms with Crippen LogP contribution in [0.1, 0.15) is 26.6 Å². The molecule has 2 N–H and O–H groups in total. The molecule has 0 fully saturated rings. The van der Waals surface area contributed by atoms with E-state index >= 15 is 0 Å². The third kappa shape index (κ3) is 2.02. The highest BCUT2D eigenvalue weighted by atomic mass is 32.1. The Morgan fingerprint density at radius 3 is 2.63 bits per heavy atom. The quantitative estimate of drug-likeness (QED) is 0.681. The lowest BCUT2D eigenvalue weighted by atomic mass is 9.95. The molecule has 3 nitrogen and oxygen atoms in total. The van der Waals surface area contributed by atoms with Gasteiger partial charge in [-0.3, -0.25) is 4.57 Å². The number of rotatable bonds is 1. The number of nitrogen functional groups attached to an aromatic ring is 1. The van der Waals surface area contributed by atoms with Crippen LogP contribution in [-0.4, -0.2) is 9.55 Å². The molecule has 4 heteroatoms. The Balaban J connectivity index is 2.39. The normalized spacial score (nSPS) is 12.2. The van der Waals surface area contributed by atoms with Gasteiger partial charge in [0.2, 0.25) is 0 Å². The van der Waals surface area contributed by atoms with E-state index in [0.717, 1.165) is 22.5 Å². The van der Waals surface area contributed by atoms with Crippen molar-refractivity contribution >= 4 is 28.1 Å². The Bertz CT molecular complexity index is 718.